The van der Waals surface area contributed by atoms with E-state index in [1.54, 1.807) is 0 Å². The van der Waals surface area contributed by atoms with Gasteiger partial charge in [0.2, 0.25) is 0 Å². The Morgan fingerprint density at radius 3 is 2.42 bits per heavy atom. The first kappa shape index (κ1) is 12.3. The summed E-state index contributed by atoms with van der Waals surface area (Å²) >= 11 is 4.85. The first-order chi connectivity index (χ1) is 5.33. The van der Waals surface area contributed by atoms with Gasteiger partial charge in [0.1, 0.15) is 5.88 Å². The summed E-state index contributed by atoms with van der Waals surface area (Å²) in [7, 11) is -3.67. The highest BCUT2D eigenvalue weighted by molar-refractivity contribution is 7.53. The molecule has 0 aromatic carbocycles. The Morgan fingerprint density at radius 1 is 1.58 bits per heavy atom. The van der Waals surface area contributed by atoms with Crippen LogP contribution in [0, 0.1) is 0 Å². The van der Waals surface area contributed by atoms with Gasteiger partial charge in [-0.15, -0.1) is 11.6 Å². The zero-order valence-corrected chi connectivity index (χ0v) is 8.37. The predicted molar refractivity (Wildman–Crippen MR) is 41.9 cm³/mol. The van der Waals surface area contributed by atoms with Gasteiger partial charge in [0.15, 0.2) is 0 Å². The highest BCUT2D eigenvalue weighted by Crippen LogP contribution is 2.48. The Morgan fingerprint density at radius 2 is 2.08 bits per heavy atom. The van der Waals surface area contributed by atoms with Crippen LogP contribution >= 0.6 is 19.2 Å². The molecule has 0 aliphatic carbocycles. The van der Waals surface area contributed by atoms with E-state index in [9.17, 15) is 13.3 Å². The summed E-state index contributed by atoms with van der Waals surface area (Å²) in [6.45, 7) is 2.54. The topological polar surface area (TPSA) is 35.5 Å². The predicted octanol–water partition coefficient (Wildman–Crippen LogP) is 2.69. The summed E-state index contributed by atoms with van der Waals surface area (Å²) in [6.07, 6.45) is -3.60. The third-order valence-electron chi connectivity index (χ3n) is 0.819. The molecule has 7 heteroatoms. The summed E-state index contributed by atoms with van der Waals surface area (Å²) in [5.41, 5.74) is 0. The van der Waals surface area contributed by atoms with E-state index in [-0.39, 0.29) is 6.61 Å². The smallest absolute Gasteiger partial charge is 0.309 e. The molecule has 0 aliphatic rings. The molecule has 0 heterocycles. The Labute approximate surface area is 74.5 Å². The van der Waals surface area contributed by atoms with Crippen LogP contribution in [0.3, 0.4) is 0 Å². The molecule has 0 N–H and O–H groups in total. The summed E-state index contributed by atoms with van der Waals surface area (Å²) in [5, 5.41) is 0. The summed E-state index contributed by atoms with van der Waals surface area (Å²) in [6, 6.07) is 0. The van der Waals surface area contributed by atoms with Gasteiger partial charge in [0.25, 0.3) is 0 Å². The van der Waals surface area contributed by atoms with Gasteiger partial charge in [-0.3, -0.25) is 4.57 Å². The lowest BCUT2D eigenvalue weighted by atomic mass is 10.8. The molecule has 0 spiro atoms. The zero-order chi connectivity index (χ0) is 9.83. The number of halogens is 3. The van der Waals surface area contributed by atoms with Crippen molar-refractivity contribution in [1.82, 2.24) is 0 Å². The van der Waals surface area contributed by atoms with Gasteiger partial charge in [0, 0.05) is 6.66 Å². The molecule has 0 aromatic heterocycles. The highest BCUT2D eigenvalue weighted by atomic mass is 35.5. The second kappa shape index (κ2) is 4.51. The Hall–Kier alpha value is 0.300. The van der Waals surface area contributed by atoms with Gasteiger partial charge in [-0.25, -0.2) is 4.52 Å². The summed E-state index contributed by atoms with van der Waals surface area (Å²) < 4.78 is 44.1. The van der Waals surface area contributed by atoms with Crippen LogP contribution in [0.2, 0.25) is 0 Å². The lowest BCUT2D eigenvalue weighted by molar-refractivity contribution is -0.160. The van der Waals surface area contributed by atoms with Crippen LogP contribution in [0.5, 0.6) is 0 Å². The van der Waals surface area contributed by atoms with E-state index in [1.807, 2.05) is 0 Å². The fourth-order valence-corrected chi connectivity index (χ4v) is 1.73. The van der Waals surface area contributed by atoms with Crippen LogP contribution in [0.25, 0.3) is 0 Å². The van der Waals surface area contributed by atoms with Crippen molar-refractivity contribution in [3.63, 3.8) is 0 Å². The highest BCUT2D eigenvalue weighted by Gasteiger charge is 2.36. The number of hydrogen-bond acceptors (Lipinski definition) is 3. The molecule has 0 radical (unpaired) electrons. The molecular formula is C5H10ClF2O3P. The maximum atomic E-state index is 12.4. The minimum Gasteiger partial charge on any atom is -0.309 e. The van der Waals surface area contributed by atoms with E-state index < -0.39 is 19.6 Å². The summed E-state index contributed by atoms with van der Waals surface area (Å²) in [5.74, 6) is -1.04. The van der Waals surface area contributed by atoms with E-state index in [0.29, 0.717) is 0 Å². The van der Waals surface area contributed by atoms with Crippen molar-refractivity contribution >= 4 is 19.2 Å². The lowest BCUT2D eigenvalue weighted by Crippen LogP contribution is -2.21. The van der Waals surface area contributed by atoms with Crippen LogP contribution in [-0.4, -0.2) is 25.3 Å². The molecule has 0 saturated heterocycles. The minimum atomic E-state index is -3.67. The molecule has 1 unspecified atom stereocenters. The molecule has 0 aromatic rings. The second-order valence-corrected chi connectivity index (χ2v) is 4.30. The lowest BCUT2D eigenvalue weighted by Gasteiger charge is -2.18. The molecule has 0 bridgehead atoms. The molecular weight excluding hydrogens is 212 g/mol. The van der Waals surface area contributed by atoms with Gasteiger partial charge in [-0.2, -0.15) is 8.78 Å². The van der Waals surface area contributed by atoms with Gasteiger partial charge >= 0.3 is 13.7 Å². The average Bonchev–Trinajstić information content (AvgIpc) is 1.85. The second-order valence-electron chi connectivity index (χ2n) is 2.05. The summed E-state index contributed by atoms with van der Waals surface area (Å²) in [4.78, 5) is 0. The van der Waals surface area contributed by atoms with E-state index in [0.717, 1.165) is 6.66 Å². The molecule has 0 amide bonds. The van der Waals surface area contributed by atoms with Gasteiger partial charge in [-0.05, 0) is 6.92 Å². The first-order valence-corrected chi connectivity index (χ1v) is 5.72. The van der Waals surface area contributed by atoms with Gasteiger partial charge < -0.3 is 4.52 Å². The third-order valence-corrected chi connectivity index (χ3v) is 2.46. The number of rotatable bonds is 5. The van der Waals surface area contributed by atoms with E-state index in [2.05, 4.69) is 9.05 Å². The number of hydrogen-bond donors (Lipinski definition) is 0. The van der Waals surface area contributed by atoms with E-state index in [4.69, 9.17) is 11.6 Å². The zero-order valence-electron chi connectivity index (χ0n) is 6.72. The van der Waals surface area contributed by atoms with Crippen molar-refractivity contribution in [1.29, 1.82) is 0 Å². The van der Waals surface area contributed by atoms with Crippen LogP contribution in [0.15, 0.2) is 0 Å². The molecule has 0 rings (SSSR count). The SMILES string of the molecule is CCOP(C)(=O)OC(F)(F)CCl. The van der Waals surface area contributed by atoms with E-state index in [1.165, 1.54) is 6.92 Å². The van der Waals surface area contributed by atoms with Crippen molar-refractivity contribution in [2.45, 2.75) is 13.0 Å². The quantitative estimate of drug-likeness (QED) is 0.530. The Bertz CT molecular complexity index is 188. The standard InChI is InChI=1S/C5H10ClF2O3P/c1-3-10-12(2,9)11-5(7,8)4-6/h3-4H2,1-2H3. The van der Waals surface area contributed by atoms with Crippen molar-refractivity contribution < 1.29 is 22.4 Å². The number of alkyl halides is 3. The normalized spacial score (nSPS) is 17.4. The minimum absolute atomic E-state index is 0.0478. The van der Waals surface area contributed by atoms with E-state index >= 15 is 0 Å². The van der Waals surface area contributed by atoms with Crippen molar-refractivity contribution in [2.24, 2.45) is 0 Å². The molecule has 12 heavy (non-hydrogen) atoms. The van der Waals surface area contributed by atoms with Gasteiger partial charge in [-0.1, -0.05) is 0 Å². The third kappa shape index (κ3) is 5.04. The Balaban J connectivity index is 4.14. The average molecular weight is 223 g/mol. The molecule has 0 saturated carbocycles. The molecule has 0 aliphatic heterocycles. The van der Waals surface area contributed by atoms with Crippen LogP contribution < -0.4 is 0 Å². The molecule has 74 valence electrons. The van der Waals surface area contributed by atoms with Crippen molar-refractivity contribution in [3.05, 3.63) is 0 Å². The molecule has 0 fully saturated rings. The molecule has 3 nitrogen and oxygen atoms in total. The van der Waals surface area contributed by atoms with Crippen LogP contribution in [-0.2, 0) is 13.6 Å². The fourth-order valence-electron chi connectivity index (χ4n) is 0.528. The maximum absolute atomic E-state index is 12.4. The van der Waals surface area contributed by atoms with Crippen molar-refractivity contribution in [2.75, 3.05) is 19.2 Å². The van der Waals surface area contributed by atoms with Crippen LogP contribution in [0.4, 0.5) is 8.78 Å². The van der Waals surface area contributed by atoms with Gasteiger partial charge in [0.05, 0.1) is 6.61 Å². The van der Waals surface area contributed by atoms with Crippen molar-refractivity contribution in [3.8, 4) is 0 Å². The first-order valence-electron chi connectivity index (χ1n) is 3.19. The maximum Gasteiger partial charge on any atom is 0.375 e. The fraction of sp³-hybridized carbons (Fsp3) is 1.00. The molecule has 1 atom stereocenters. The van der Waals surface area contributed by atoms with Crippen LogP contribution in [0.1, 0.15) is 6.92 Å². The largest absolute Gasteiger partial charge is 0.375 e. The monoisotopic (exact) mass is 222 g/mol. The Kier molecular flexibility index (Phi) is 4.62.